The molecular weight excluding hydrogens is 286 g/mol. The van der Waals surface area contributed by atoms with Crippen molar-refractivity contribution in [3.63, 3.8) is 0 Å². The van der Waals surface area contributed by atoms with E-state index in [1.807, 2.05) is 69.5 Å². The maximum Gasteiger partial charge on any atom is 0.161 e. The van der Waals surface area contributed by atoms with E-state index in [-0.39, 0.29) is 11.5 Å². The Kier molecular flexibility index (Phi) is 5.47. The minimum Gasteiger partial charge on any atom is -0.504 e. The molecule has 0 saturated heterocycles. The predicted molar refractivity (Wildman–Crippen MR) is 97.8 cm³/mol. The molecule has 3 N–H and O–H groups in total. The molecule has 3 heteroatoms. The molecule has 0 aliphatic heterocycles. The summed E-state index contributed by atoms with van der Waals surface area (Å²) >= 11 is 0. The zero-order valence-corrected chi connectivity index (χ0v) is 13.8. The summed E-state index contributed by atoms with van der Waals surface area (Å²) < 4.78 is 0. The van der Waals surface area contributed by atoms with Crippen molar-refractivity contribution in [3.05, 3.63) is 64.7 Å². The third-order valence-electron chi connectivity index (χ3n) is 3.59. The number of anilines is 1. The van der Waals surface area contributed by atoms with Crippen LogP contribution in [-0.2, 0) is 6.42 Å². The smallest absolute Gasteiger partial charge is 0.161 e. The van der Waals surface area contributed by atoms with Crippen molar-refractivity contribution in [1.82, 2.24) is 0 Å². The van der Waals surface area contributed by atoms with E-state index in [4.69, 9.17) is 0 Å². The van der Waals surface area contributed by atoms with Crippen LogP contribution in [0.15, 0.2) is 48.0 Å². The number of phenolic OH excluding ortho intramolecular Hbond substituents is 2. The highest BCUT2D eigenvalue weighted by molar-refractivity contribution is 5.72. The molecule has 0 unspecified atom stereocenters. The Morgan fingerprint density at radius 3 is 2.26 bits per heavy atom. The van der Waals surface area contributed by atoms with E-state index in [9.17, 15) is 10.2 Å². The third kappa shape index (κ3) is 4.65. The maximum atomic E-state index is 9.97. The zero-order chi connectivity index (χ0) is 16.8. The monoisotopic (exact) mass is 309 g/mol. The summed E-state index contributed by atoms with van der Waals surface area (Å²) in [5.41, 5.74) is 4.89. The summed E-state index contributed by atoms with van der Waals surface area (Å²) in [6, 6.07) is 11.5. The molecule has 2 rings (SSSR count). The molecule has 0 heterocycles. The average molecular weight is 309 g/mol. The summed E-state index contributed by atoms with van der Waals surface area (Å²) in [5.74, 6) is -0.132. The topological polar surface area (TPSA) is 52.5 Å². The van der Waals surface area contributed by atoms with Gasteiger partial charge >= 0.3 is 0 Å². The fourth-order valence-electron chi connectivity index (χ4n) is 2.22. The second-order valence-corrected chi connectivity index (χ2v) is 5.74. The lowest BCUT2D eigenvalue weighted by Crippen LogP contribution is -1.87. The van der Waals surface area contributed by atoms with Crippen LogP contribution in [0, 0.1) is 0 Å². The standard InChI is InChI=1S/C20H23NO2/c1-14(2)4-9-17-12-16(13-19(22)20(17)23)6-5-15-7-10-18(21-3)11-8-15/h4-8,10-13,21-23H,9H2,1-3H3/b6-5+. The summed E-state index contributed by atoms with van der Waals surface area (Å²) in [7, 11) is 1.89. The quantitative estimate of drug-likeness (QED) is 0.422. The first-order valence-electron chi connectivity index (χ1n) is 7.63. The number of hydrogen-bond acceptors (Lipinski definition) is 3. The van der Waals surface area contributed by atoms with Gasteiger partial charge in [-0.25, -0.2) is 0 Å². The number of hydrogen-bond donors (Lipinski definition) is 3. The minimum absolute atomic E-state index is 0.0435. The first kappa shape index (κ1) is 16.7. The second-order valence-electron chi connectivity index (χ2n) is 5.74. The molecular formula is C20H23NO2. The Bertz CT molecular complexity index is 724. The first-order valence-corrected chi connectivity index (χ1v) is 7.63. The van der Waals surface area contributed by atoms with E-state index in [1.165, 1.54) is 5.57 Å². The molecule has 0 saturated carbocycles. The van der Waals surface area contributed by atoms with Crippen LogP contribution in [0.1, 0.15) is 30.5 Å². The van der Waals surface area contributed by atoms with Crippen LogP contribution in [-0.4, -0.2) is 17.3 Å². The van der Waals surface area contributed by atoms with Crippen molar-refractivity contribution in [2.24, 2.45) is 0 Å². The summed E-state index contributed by atoms with van der Waals surface area (Å²) in [6.45, 7) is 4.02. The Balaban J connectivity index is 2.24. The largest absolute Gasteiger partial charge is 0.504 e. The van der Waals surface area contributed by atoms with Crippen LogP contribution in [0.2, 0.25) is 0 Å². The van der Waals surface area contributed by atoms with E-state index in [0.717, 1.165) is 22.4 Å². The van der Waals surface area contributed by atoms with Gasteiger partial charge in [0, 0.05) is 18.3 Å². The molecule has 0 radical (unpaired) electrons. The van der Waals surface area contributed by atoms with E-state index < -0.39 is 0 Å². The van der Waals surface area contributed by atoms with Crippen LogP contribution >= 0.6 is 0 Å². The van der Waals surface area contributed by atoms with Crippen LogP contribution in [0.25, 0.3) is 12.2 Å². The molecule has 0 aliphatic carbocycles. The van der Waals surface area contributed by atoms with E-state index >= 15 is 0 Å². The number of phenols is 2. The van der Waals surface area contributed by atoms with Gasteiger partial charge in [0.05, 0.1) is 0 Å². The van der Waals surface area contributed by atoms with Crippen LogP contribution < -0.4 is 5.32 Å². The predicted octanol–water partition coefficient (Wildman–Crippen LogP) is 4.82. The molecule has 0 spiro atoms. The lowest BCUT2D eigenvalue weighted by Gasteiger charge is -2.07. The van der Waals surface area contributed by atoms with Gasteiger partial charge in [-0.1, -0.05) is 35.9 Å². The highest BCUT2D eigenvalue weighted by Gasteiger charge is 2.07. The van der Waals surface area contributed by atoms with Gasteiger partial charge in [0.15, 0.2) is 11.5 Å². The molecule has 0 aliphatic rings. The molecule has 0 bridgehead atoms. The molecule has 0 fully saturated rings. The highest BCUT2D eigenvalue weighted by atomic mass is 16.3. The van der Waals surface area contributed by atoms with E-state index in [0.29, 0.717) is 6.42 Å². The molecule has 2 aromatic carbocycles. The molecule has 2 aromatic rings. The van der Waals surface area contributed by atoms with Crippen molar-refractivity contribution >= 4 is 17.8 Å². The first-order chi connectivity index (χ1) is 11.0. The lowest BCUT2D eigenvalue weighted by atomic mass is 10.0. The van der Waals surface area contributed by atoms with E-state index in [2.05, 4.69) is 5.32 Å². The normalized spacial score (nSPS) is 10.7. The minimum atomic E-state index is -0.0881. The van der Waals surface area contributed by atoms with Crippen LogP contribution in [0.4, 0.5) is 5.69 Å². The Morgan fingerprint density at radius 1 is 1.00 bits per heavy atom. The Hall–Kier alpha value is -2.68. The molecule has 0 amide bonds. The lowest BCUT2D eigenvalue weighted by molar-refractivity contribution is 0.400. The van der Waals surface area contributed by atoms with Crippen molar-refractivity contribution in [2.75, 3.05) is 12.4 Å². The highest BCUT2D eigenvalue weighted by Crippen LogP contribution is 2.32. The van der Waals surface area contributed by atoms with Gasteiger partial charge in [-0.2, -0.15) is 0 Å². The van der Waals surface area contributed by atoms with Gasteiger partial charge in [0.25, 0.3) is 0 Å². The number of aromatic hydroxyl groups is 2. The van der Waals surface area contributed by atoms with E-state index in [1.54, 1.807) is 6.07 Å². The van der Waals surface area contributed by atoms with Gasteiger partial charge in [-0.05, 0) is 55.7 Å². The number of rotatable bonds is 5. The van der Waals surface area contributed by atoms with Gasteiger partial charge < -0.3 is 15.5 Å². The number of nitrogens with one attached hydrogen (secondary N) is 1. The second kappa shape index (κ2) is 7.54. The SMILES string of the molecule is CNc1ccc(/C=C/c2cc(O)c(O)c(CC=C(C)C)c2)cc1. The number of allylic oxidation sites excluding steroid dienone is 2. The third-order valence-corrected chi connectivity index (χ3v) is 3.59. The molecule has 23 heavy (non-hydrogen) atoms. The maximum absolute atomic E-state index is 9.97. The number of benzene rings is 2. The van der Waals surface area contributed by atoms with Crippen LogP contribution in [0.5, 0.6) is 11.5 Å². The Labute approximate surface area is 137 Å². The summed E-state index contributed by atoms with van der Waals surface area (Å²) in [5, 5.41) is 22.9. The summed E-state index contributed by atoms with van der Waals surface area (Å²) in [4.78, 5) is 0. The fraction of sp³-hybridized carbons (Fsp3) is 0.200. The zero-order valence-electron chi connectivity index (χ0n) is 13.8. The molecule has 0 atom stereocenters. The molecule has 0 aromatic heterocycles. The molecule has 3 nitrogen and oxygen atoms in total. The van der Waals surface area contributed by atoms with Gasteiger partial charge in [0.2, 0.25) is 0 Å². The van der Waals surface area contributed by atoms with Gasteiger partial charge in [-0.15, -0.1) is 0 Å². The van der Waals surface area contributed by atoms with Crippen molar-refractivity contribution in [2.45, 2.75) is 20.3 Å². The Morgan fingerprint density at radius 2 is 1.65 bits per heavy atom. The average Bonchev–Trinajstić information content (AvgIpc) is 2.55. The summed E-state index contributed by atoms with van der Waals surface area (Å²) in [6.07, 6.45) is 6.54. The van der Waals surface area contributed by atoms with Gasteiger partial charge in [-0.3, -0.25) is 0 Å². The van der Waals surface area contributed by atoms with Crippen LogP contribution in [0.3, 0.4) is 0 Å². The van der Waals surface area contributed by atoms with Crippen molar-refractivity contribution in [1.29, 1.82) is 0 Å². The van der Waals surface area contributed by atoms with Gasteiger partial charge in [0.1, 0.15) is 0 Å². The van der Waals surface area contributed by atoms with Crippen molar-refractivity contribution < 1.29 is 10.2 Å². The van der Waals surface area contributed by atoms with Crippen molar-refractivity contribution in [3.8, 4) is 11.5 Å². The molecule has 120 valence electrons. The fourth-order valence-corrected chi connectivity index (χ4v) is 2.22.